The Labute approximate surface area is 120 Å². The minimum atomic E-state index is -4.45. The highest BCUT2D eigenvalue weighted by Crippen LogP contribution is 2.31. The molecule has 1 heterocycles. The molecular weight excluding hydrogens is 317 g/mol. The van der Waals surface area contributed by atoms with Crippen molar-refractivity contribution in [2.24, 2.45) is 0 Å². The van der Waals surface area contributed by atoms with E-state index in [-0.39, 0.29) is 21.4 Å². The Balaban J connectivity index is 2.52. The molecule has 0 unspecified atom stereocenters. The molecule has 0 saturated heterocycles. The molecule has 2 aromatic rings. The van der Waals surface area contributed by atoms with Gasteiger partial charge in [0.05, 0.1) is 21.8 Å². The second-order valence-electron chi connectivity index (χ2n) is 3.89. The predicted molar refractivity (Wildman–Crippen MR) is 69.2 cm³/mol. The van der Waals surface area contributed by atoms with E-state index < -0.39 is 18.7 Å². The maximum Gasteiger partial charge on any atom is 0.406 e. The van der Waals surface area contributed by atoms with E-state index in [0.717, 1.165) is 16.3 Å². The average Bonchev–Trinajstić information content (AvgIpc) is 2.64. The Morgan fingerprint density at radius 2 is 2.15 bits per heavy atom. The van der Waals surface area contributed by atoms with Crippen LogP contribution in [0.5, 0.6) is 0 Å². The fourth-order valence-electron chi connectivity index (χ4n) is 1.68. The van der Waals surface area contributed by atoms with E-state index in [1.807, 2.05) is 0 Å². The maximum absolute atomic E-state index is 12.6. The third-order valence-corrected chi connectivity index (χ3v) is 3.61. The topological polar surface area (TPSA) is 55.1 Å². The minimum absolute atomic E-state index is 0.0205. The number of hydrogen-bond donors (Lipinski definition) is 1. The van der Waals surface area contributed by atoms with Crippen molar-refractivity contribution in [3.05, 3.63) is 23.2 Å². The largest absolute Gasteiger partial charge is 0.481 e. The Morgan fingerprint density at radius 1 is 1.45 bits per heavy atom. The molecule has 108 valence electrons. The quantitative estimate of drug-likeness (QED) is 0.875. The number of aliphatic carboxylic acids is 1. The van der Waals surface area contributed by atoms with Gasteiger partial charge in [-0.15, -0.1) is 0 Å². The number of carboxylic acid groups (broad SMARTS) is 1. The van der Waals surface area contributed by atoms with E-state index >= 15 is 0 Å². The van der Waals surface area contributed by atoms with Gasteiger partial charge in [-0.1, -0.05) is 29.4 Å². The number of nitrogens with zero attached hydrogens (tertiary/aromatic N) is 2. The zero-order valence-electron chi connectivity index (χ0n) is 9.82. The van der Waals surface area contributed by atoms with Crippen molar-refractivity contribution in [2.75, 3.05) is 5.75 Å². The van der Waals surface area contributed by atoms with Crippen molar-refractivity contribution < 1.29 is 23.1 Å². The normalized spacial score (nSPS) is 12.0. The summed E-state index contributed by atoms with van der Waals surface area (Å²) >= 11 is 6.64. The fraction of sp³-hybridized carbons (Fsp3) is 0.273. The Bertz CT molecular complexity index is 657. The van der Waals surface area contributed by atoms with Gasteiger partial charge in [-0.3, -0.25) is 4.79 Å². The summed E-state index contributed by atoms with van der Waals surface area (Å²) in [6.45, 7) is -1.27. The van der Waals surface area contributed by atoms with Gasteiger partial charge in [0.25, 0.3) is 0 Å². The van der Waals surface area contributed by atoms with E-state index in [2.05, 4.69) is 4.98 Å². The molecule has 0 fully saturated rings. The van der Waals surface area contributed by atoms with Gasteiger partial charge in [-0.25, -0.2) is 4.98 Å². The molecule has 1 N–H and O–H groups in total. The number of alkyl halides is 3. The van der Waals surface area contributed by atoms with Crippen LogP contribution < -0.4 is 0 Å². The lowest BCUT2D eigenvalue weighted by Gasteiger charge is -2.11. The second kappa shape index (κ2) is 5.53. The summed E-state index contributed by atoms with van der Waals surface area (Å²) < 4.78 is 38.8. The molecule has 2 rings (SSSR count). The van der Waals surface area contributed by atoms with Gasteiger partial charge in [-0.05, 0) is 12.1 Å². The monoisotopic (exact) mass is 324 g/mol. The van der Waals surface area contributed by atoms with Crippen LogP contribution in [0, 0.1) is 0 Å². The van der Waals surface area contributed by atoms with Crippen molar-refractivity contribution in [1.29, 1.82) is 0 Å². The first-order valence-corrected chi connectivity index (χ1v) is 6.70. The Morgan fingerprint density at radius 3 is 2.75 bits per heavy atom. The fourth-order valence-corrected chi connectivity index (χ4v) is 2.68. The third kappa shape index (κ3) is 3.37. The lowest BCUT2D eigenvalue weighted by Crippen LogP contribution is -2.18. The van der Waals surface area contributed by atoms with E-state index in [4.69, 9.17) is 16.7 Å². The number of thioether (sulfide) groups is 1. The first-order valence-electron chi connectivity index (χ1n) is 5.34. The number of fused-ring (bicyclic) bond motifs is 1. The van der Waals surface area contributed by atoms with Crippen molar-refractivity contribution in [3.63, 3.8) is 0 Å². The number of aromatic nitrogens is 2. The van der Waals surface area contributed by atoms with Gasteiger partial charge < -0.3 is 9.67 Å². The first kappa shape index (κ1) is 15.0. The zero-order valence-corrected chi connectivity index (χ0v) is 11.4. The number of imidazole rings is 1. The summed E-state index contributed by atoms with van der Waals surface area (Å²) in [5, 5.41) is 8.74. The van der Waals surface area contributed by atoms with Gasteiger partial charge in [0.2, 0.25) is 0 Å². The summed E-state index contributed by atoms with van der Waals surface area (Å²) in [5.74, 6) is -1.51. The molecule has 0 atom stereocenters. The van der Waals surface area contributed by atoms with Crippen molar-refractivity contribution >= 4 is 40.4 Å². The molecular formula is C11H8ClF3N2O2S. The molecule has 0 aliphatic heterocycles. The number of rotatable bonds is 4. The molecule has 0 amide bonds. The number of benzene rings is 1. The number of hydrogen-bond acceptors (Lipinski definition) is 3. The predicted octanol–water partition coefficient (Wildman–Crippen LogP) is 3.43. The lowest BCUT2D eigenvalue weighted by molar-refractivity contribution is -0.141. The molecule has 0 spiro atoms. The summed E-state index contributed by atoms with van der Waals surface area (Å²) in [6, 6.07) is 4.56. The average molecular weight is 325 g/mol. The van der Waals surface area contributed by atoms with Gasteiger partial charge in [0.1, 0.15) is 6.54 Å². The lowest BCUT2D eigenvalue weighted by atomic mass is 10.3. The standard InChI is InChI=1S/C11H8ClF3N2O2S/c12-6-2-1-3-7-9(6)17(5-11(13,14)15)10(16-7)20-4-8(18)19/h1-3H,4-5H2,(H,18,19). The summed E-state index contributed by atoms with van der Waals surface area (Å²) in [5.41, 5.74) is 0.453. The van der Waals surface area contributed by atoms with Crippen LogP contribution in [-0.2, 0) is 11.3 Å². The molecule has 1 aromatic carbocycles. The van der Waals surface area contributed by atoms with Gasteiger partial charge in [0, 0.05) is 0 Å². The number of carboxylic acids is 1. The van der Waals surface area contributed by atoms with E-state index in [1.165, 1.54) is 12.1 Å². The molecule has 0 bridgehead atoms. The minimum Gasteiger partial charge on any atom is -0.481 e. The van der Waals surface area contributed by atoms with Crippen LogP contribution >= 0.6 is 23.4 Å². The highest BCUT2D eigenvalue weighted by Gasteiger charge is 2.31. The van der Waals surface area contributed by atoms with Gasteiger partial charge in [-0.2, -0.15) is 13.2 Å². The molecule has 0 aliphatic rings. The van der Waals surface area contributed by atoms with E-state index in [9.17, 15) is 18.0 Å². The van der Waals surface area contributed by atoms with Crippen molar-refractivity contribution in [1.82, 2.24) is 9.55 Å². The third-order valence-electron chi connectivity index (χ3n) is 2.34. The zero-order chi connectivity index (χ0) is 14.9. The van der Waals surface area contributed by atoms with Crippen LogP contribution in [0.3, 0.4) is 0 Å². The highest BCUT2D eigenvalue weighted by molar-refractivity contribution is 7.99. The molecule has 1 aromatic heterocycles. The SMILES string of the molecule is O=C(O)CSc1nc2cccc(Cl)c2n1CC(F)(F)F. The number of para-hydroxylation sites is 1. The number of halogens is 4. The van der Waals surface area contributed by atoms with Crippen LogP contribution in [0.15, 0.2) is 23.4 Å². The van der Waals surface area contributed by atoms with Crippen LogP contribution in [0.4, 0.5) is 13.2 Å². The van der Waals surface area contributed by atoms with E-state index in [1.54, 1.807) is 6.07 Å². The number of carbonyl (C=O) groups is 1. The first-order chi connectivity index (χ1) is 9.28. The van der Waals surface area contributed by atoms with Gasteiger partial charge in [0.15, 0.2) is 5.16 Å². The summed E-state index contributed by atoms with van der Waals surface area (Å²) in [6.07, 6.45) is -4.45. The molecule has 20 heavy (non-hydrogen) atoms. The second-order valence-corrected chi connectivity index (χ2v) is 5.24. The molecule has 9 heteroatoms. The molecule has 0 aliphatic carbocycles. The summed E-state index contributed by atoms with van der Waals surface area (Å²) in [7, 11) is 0. The van der Waals surface area contributed by atoms with E-state index in [0.29, 0.717) is 5.52 Å². The van der Waals surface area contributed by atoms with Crippen molar-refractivity contribution in [3.8, 4) is 0 Å². The van der Waals surface area contributed by atoms with Crippen molar-refractivity contribution in [2.45, 2.75) is 17.9 Å². The summed E-state index contributed by atoms with van der Waals surface area (Å²) in [4.78, 5) is 14.6. The molecule has 0 saturated carbocycles. The molecule has 0 radical (unpaired) electrons. The Hall–Kier alpha value is -1.41. The Kier molecular flexibility index (Phi) is 4.14. The smallest absolute Gasteiger partial charge is 0.406 e. The maximum atomic E-state index is 12.6. The highest BCUT2D eigenvalue weighted by atomic mass is 35.5. The van der Waals surface area contributed by atoms with Crippen LogP contribution in [0.25, 0.3) is 11.0 Å². The van der Waals surface area contributed by atoms with Crippen LogP contribution in [0.2, 0.25) is 5.02 Å². The van der Waals surface area contributed by atoms with Crippen LogP contribution in [-0.4, -0.2) is 32.6 Å². The molecule has 4 nitrogen and oxygen atoms in total. The van der Waals surface area contributed by atoms with Gasteiger partial charge >= 0.3 is 12.1 Å². The van der Waals surface area contributed by atoms with Crippen LogP contribution in [0.1, 0.15) is 0 Å².